The van der Waals surface area contributed by atoms with E-state index in [1.807, 2.05) is 0 Å². The van der Waals surface area contributed by atoms with Crippen LogP contribution in [0.4, 0.5) is 8.78 Å². The minimum atomic E-state index is -0.622. The van der Waals surface area contributed by atoms with Gasteiger partial charge in [-0.15, -0.1) is 0 Å². The Morgan fingerprint density at radius 1 is 1.19 bits per heavy atom. The van der Waals surface area contributed by atoms with Gasteiger partial charge in [-0.3, -0.25) is 4.79 Å². The van der Waals surface area contributed by atoms with Crippen LogP contribution in [0.25, 0.3) is 6.08 Å². The van der Waals surface area contributed by atoms with Crippen LogP contribution in [0.2, 0.25) is 0 Å². The number of ether oxygens (including phenoxy) is 1. The predicted octanol–water partition coefficient (Wildman–Crippen LogP) is 3.58. The molecule has 0 aromatic heterocycles. The fourth-order valence-corrected chi connectivity index (χ4v) is 1.73. The molecule has 0 saturated heterocycles. The maximum absolute atomic E-state index is 13.4. The summed E-state index contributed by atoms with van der Waals surface area (Å²) in [7, 11) is 1.36. The summed E-state index contributed by atoms with van der Waals surface area (Å²) >= 11 is 0. The van der Waals surface area contributed by atoms with Crippen LogP contribution < -0.4 is 4.74 Å². The molecule has 5 heteroatoms. The first-order valence-corrected chi connectivity index (χ1v) is 6.05. The number of ketones is 1. The molecule has 0 heterocycles. The number of phenols is 1. The zero-order chi connectivity index (χ0) is 15.4. The van der Waals surface area contributed by atoms with Crippen molar-refractivity contribution in [3.05, 3.63) is 65.2 Å². The Morgan fingerprint density at radius 3 is 2.67 bits per heavy atom. The quantitative estimate of drug-likeness (QED) is 0.691. The Morgan fingerprint density at radius 2 is 1.95 bits per heavy atom. The lowest BCUT2D eigenvalue weighted by Gasteiger charge is -2.04. The van der Waals surface area contributed by atoms with E-state index in [1.165, 1.54) is 31.4 Å². The van der Waals surface area contributed by atoms with Gasteiger partial charge in [0.15, 0.2) is 17.3 Å². The molecule has 0 aliphatic carbocycles. The lowest BCUT2D eigenvalue weighted by atomic mass is 10.1. The molecule has 0 aliphatic rings. The number of rotatable bonds is 4. The number of benzene rings is 2. The second kappa shape index (κ2) is 6.17. The zero-order valence-electron chi connectivity index (χ0n) is 11.1. The van der Waals surface area contributed by atoms with Crippen molar-refractivity contribution in [3.8, 4) is 11.5 Å². The molecule has 0 atom stereocenters. The zero-order valence-corrected chi connectivity index (χ0v) is 11.1. The third-order valence-corrected chi connectivity index (χ3v) is 2.84. The first kappa shape index (κ1) is 14.7. The van der Waals surface area contributed by atoms with Crippen LogP contribution in [0.1, 0.15) is 15.9 Å². The number of methoxy groups -OCH3 is 1. The number of hydrogen-bond donors (Lipinski definition) is 1. The molecule has 0 fully saturated rings. The molecule has 0 amide bonds. The Labute approximate surface area is 120 Å². The van der Waals surface area contributed by atoms with E-state index in [0.717, 1.165) is 24.3 Å². The average Bonchev–Trinajstić information content (AvgIpc) is 2.48. The second-order valence-electron chi connectivity index (χ2n) is 4.25. The smallest absolute Gasteiger partial charge is 0.185 e. The Balaban J connectivity index is 2.25. The second-order valence-corrected chi connectivity index (χ2v) is 4.25. The van der Waals surface area contributed by atoms with Crippen molar-refractivity contribution >= 4 is 11.9 Å². The SMILES string of the molecule is COc1cc(C(=O)/C=C/c2cc(F)ccc2F)ccc1O. The largest absolute Gasteiger partial charge is 0.504 e. The van der Waals surface area contributed by atoms with Gasteiger partial charge in [-0.25, -0.2) is 8.78 Å². The van der Waals surface area contributed by atoms with Crippen LogP contribution in [-0.4, -0.2) is 18.0 Å². The topological polar surface area (TPSA) is 46.5 Å². The highest BCUT2D eigenvalue weighted by molar-refractivity contribution is 6.07. The maximum atomic E-state index is 13.4. The number of carbonyl (C=O) groups excluding carboxylic acids is 1. The van der Waals surface area contributed by atoms with Gasteiger partial charge < -0.3 is 9.84 Å². The lowest BCUT2D eigenvalue weighted by Crippen LogP contribution is -1.96. The molecule has 3 nitrogen and oxygen atoms in total. The minimum Gasteiger partial charge on any atom is -0.504 e. The third-order valence-electron chi connectivity index (χ3n) is 2.84. The monoisotopic (exact) mass is 290 g/mol. The molecule has 0 bridgehead atoms. The van der Waals surface area contributed by atoms with Gasteiger partial charge in [0.1, 0.15) is 11.6 Å². The summed E-state index contributed by atoms with van der Waals surface area (Å²) in [5.41, 5.74) is 0.242. The Hall–Kier alpha value is -2.69. The van der Waals surface area contributed by atoms with Crippen molar-refractivity contribution in [2.75, 3.05) is 7.11 Å². The Kier molecular flexibility index (Phi) is 4.33. The van der Waals surface area contributed by atoms with Gasteiger partial charge in [0, 0.05) is 11.1 Å². The molecule has 0 unspecified atom stereocenters. The lowest BCUT2D eigenvalue weighted by molar-refractivity contribution is 0.104. The van der Waals surface area contributed by atoms with Crippen LogP contribution >= 0.6 is 0 Å². The first-order valence-electron chi connectivity index (χ1n) is 6.05. The molecule has 2 aromatic carbocycles. The van der Waals surface area contributed by atoms with Crippen molar-refractivity contribution in [2.45, 2.75) is 0 Å². The van der Waals surface area contributed by atoms with Gasteiger partial charge in [-0.05, 0) is 48.6 Å². The van der Waals surface area contributed by atoms with E-state index in [0.29, 0.717) is 0 Å². The number of aromatic hydroxyl groups is 1. The van der Waals surface area contributed by atoms with Crippen LogP contribution in [0.5, 0.6) is 11.5 Å². The fourth-order valence-electron chi connectivity index (χ4n) is 1.73. The van der Waals surface area contributed by atoms with E-state index in [2.05, 4.69) is 0 Å². The molecule has 0 aliphatic heterocycles. The van der Waals surface area contributed by atoms with Crippen LogP contribution in [-0.2, 0) is 0 Å². The summed E-state index contributed by atoms with van der Waals surface area (Å²) in [5.74, 6) is -1.56. The standard InChI is InChI=1S/C16H12F2O3/c1-21-16-9-11(3-7-15(16)20)14(19)6-2-10-8-12(17)4-5-13(10)18/h2-9,20H,1H3/b6-2+. The molecule has 1 N–H and O–H groups in total. The van der Waals surface area contributed by atoms with Gasteiger partial charge in [0.2, 0.25) is 0 Å². The molecular formula is C16H12F2O3. The van der Waals surface area contributed by atoms with E-state index in [9.17, 15) is 18.7 Å². The number of halogens is 2. The third kappa shape index (κ3) is 3.45. The van der Waals surface area contributed by atoms with E-state index in [-0.39, 0.29) is 22.6 Å². The van der Waals surface area contributed by atoms with Gasteiger partial charge in [0.05, 0.1) is 7.11 Å². The number of allylic oxidation sites excluding steroid dienone is 1. The van der Waals surface area contributed by atoms with Gasteiger partial charge >= 0.3 is 0 Å². The molecule has 0 spiro atoms. The van der Waals surface area contributed by atoms with Crippen molar-refractivity contribution in [3.63, 3.8) is 0 Å². The molecule has 0 radical (unpaired) electrons. The Bertz CT molecular complexity index is 709. The van der Waals surface area contributed by atoms with Crippen LogP contribution in [0.3, 0.4) is 0 Å². The predicted molar refractivity (Wildman–Crippen MR) is 74.4 cm³/mol. The average molecular weight is 290 g/mol. The van der Waals surface area contributed by atoms with Gasteiger partial charge in [0.25, 0.3) is 0 Å². The summed E-state index contributed by atoms with van der Waals surface area (Å²) in [5, 5.41) is 9.45. The normalized spacial score (nSPS) is 10.8. The maximum Gasteiger partial charge on any atom is 0.185 e. The van der Waals surface area contributed by atoms with Crippen molar-refractivity contribution in [1.29, 1.82) is 0 Å². The van der Waals surface area contributed by atoms with E-state index >= 15 is 0 Å². The number of phenolic OH excluding ortho intramolecular Hbond substituents is 1. The molecule has 21 heavy (non-hydrogen) atoms. The van der Waals surface area contributed by atoms with Crippen molar-refractivity contribution in [2.24, 2.45) is 0 Å². The minimum absolute atomic E-state index is 0.0194. The molecule has 108 valence electrons. The highest BCUT2D eigenvalue weighted by atomic mass is 19.1. The van der Waals surface area contributed by atoms with E-state index in [4.69, 9.17) is 4.74 Å². The van der Waals surface area contributed by atoms with Gasteiger partial charge in [-0.2, -0.15) is 0 Å². The van der Waals surface area contributed by atoms with Crippen LogP contribution in [0.15, 0.2) is 42.5 Å². The molecule has 2 aromatic rings. The molecule has 2 rings (SSSR count). The summed E-state index contributed by atoms with van der Waals surface area (Å²) in [6, 6.07) is 7.08. The highest BCUT2D eigenvalue weighted by Gasteiger charge is 2.08. The summed E-state index contributed by atoms with van der Waals surface area (Å²) in [4.78, 5) is 12.0. The van der Waals surface area contributed by atoms with Crippen LogP contribution in [0, 0.1) is 11.6 Å². The van der Waals surface area contributed by atoms with E-state index in [1.54, 1.807) is 0 Å². The summed E-state index contributed by atoms with van der Waals surface area (Å²) in [6.45, 7) is 0. The summed E-state index contributed by atoms with van der Waals surface area (Å²) in [6.07, 6.45) is 2.32. The number of carbonyl (C=O) groups is 1. The van der Waals surface area contributed by atoms with Gasteiger partial charge in [-0.1, -0.05) is 0 Å². The first-order chi connectivity index (χ1) is 10.0. The summed E-state index contributed by atoms with van der Waals surface area (Å²) < 4.78 is 31.3. The van der Waals surface area contributed by atoms with Crippen molar-refractivity contribution < 1.29 is 23.4 Å². The van der Waals surface area contributed by atoms with E-state index < -0.39 is 17.4 Å². The molecular weight excluding hydrogens is 278 g/mol. The molecule has 0 saturated carbocycles. The fraction of sp³-hybridized carbons (Fsp3) is 0.0625. The highest BCUT2D eigenvalue weighted by Crippen LogP contribution is 2.26. The van der Waals surface area contributed by atoms with Crippen molar-refractivity contribution in [1.82, 2.24) is 0 Å². The number of hydrogen-bond acceptors (Lipinski definition) is 3.